The molecule has 3 rings (SSSR count). The van der Waals surface area contributed by atoms with E-state index in [1.165, 1.54) is 35.2 Å². The summed E-state index contributed by atoms with van der Waals surface area (Å²) in [5.74, 6) is -0.832. The Balaban J connectivity index is 2.08. The van der Waals surface area contributed by atoms with E-state index in [1.54, 1.807) is 12.1 Å². The minimum Gasteiger partial charge on any atom is -0.352 e. The quantitative estimate of drug-likeness (QED) is 0.266. The number of benzene rings is 3. The standard InChI is InChI=1S/C30H35Cl2N3O4S/c1-5-22(4)33-30(37)28(6-2)34(19-23-10-8-7-9-11-23)29(36)20-35(26-17-24(31)16-25(32)18-26)40(38,39)27-14-12-21(3)13-15-27/h7-18,22,28H,5-6,19-20H2,1-4H3,(H,33,37)/t22-,28-/m1/s1. The topological polar surface area (TPSA) is 86.8 Å². The summed E-state index contributed by atoms with van der Waals surface area (Å²) in [5.41, 5.74) is 1.84. The highest BCUT2D eigenvalue weighted by molar-refractivity contribution is 7.92. The van der Waals surface area contributed by atoms with Gasteiger partial charge in [0.05, 0.1) is 10.6 Å². The first kappa shape index (κ1) is 31.5. The van der Waals surface area contributed by atoms with E-state index in [9.17, 15) is 18.0 Å². The second-order valence-electron chi connectivity index (χ2n) is 9.70. The van der Waals surface area contributed by atoms with Gasteiger partial charge in [0.1, 0.15) is 12.6 Å². The second-order valence-corrected chi connectivity index (χ2v) is 12.4. The molecule has 0 aliphatic heterocycles. The molecule has 0 aliphatic carbocycles. The van der Waals surface area contributed by atoms with Crippen molar-refractivity contribution in [1.82, 2.24) is 10.2 Å². The van der Waals surface area contributed by atoms with Gasteiger partial charge in [0.25, 0.3) is 10.0 Å². The van der Waals surface area contributed by atoms with Gasteiger partial charge in [0.2, 0.25) is 11.8 Å². The van der Waals surface area contributed by atoms with E-state index in [0.717, 1.165) is 21.9 Å². The molecule has 7 nitrogen and oxygen atoms in total. The van der Waals surface area contributed by atoms with Gasteiger partial charge < -0.3 is 10.2 Å². The monoisotopic (exact) mass is 603 g/mol. The third-order valence-electron chi connectivity index (χ3n) is 6.61. The van der Waals surface area contributed by atoms with Gasteiger partial charge in [-0.1, -0.05) is 85.1 Å². The molecule has 214 valence electrons. The molecule has 0 saturated carbocycles. The highest BCUT2D eigenvalue weighted by Gasteiger charge is 2.34. The molecule has 40 heavy (non-hydrogen) atoms. The minimum atomic E-state index is -4.21. The minimum absolute atomic E-state index is 0.0122. The van der Waals surface area contributed by atoms with Crippen LogP contribution in [0.15, 0.2) is 77.7 Å². The molecule has 3 aromatic rings. The number of hydrogen-bond donors (Lipinski definition) is 1. The maximum absolute atomic E-state index is 14.1. The summed E-state index contributed by atoms with van der Waals surface area (Å²) in [4.78, 5) is 28.8. The number of hydrogen-bond acceptors (Lipinski definition) is 4. The van der Waals surface area contributed by atoms with Crippen LogP contribution in [0.1, 0.15) is 44.7 Å². The number of sulfonamides is 1. The lowest BCUT2D eigenvalue weighted by atomic mass is 10.1. The molecule has 0 aliphatic rings. The van der Waals surface area contributed by atoms with Gasteiger partial charge in [0, 0.05) is 22.6 Å². The Morgan fingerprint density at radius 2 is 1.50 bits per heavy atom. The largest absolute Gasteiger partial charge is 0.352 e. The van der Waals surface area contributed by atoms with E-state index in [4.69, 9.17) is 23.2 Å². The predicted molar refractivity (Wildman–Crippen MR) is 161 cm³/mol. The summed E-state index contributed by atoms with van der Waals surface area (Å²) in [6, 6.07) is 19.1. The fraction of sp³-hybridized carbons (Fsp3) is 0.333. The lowest BCUT2D eigenvalue weighted by Gasteiger charge is -2.33. The Morgan fingerprint density at radius 3 is 2.05 bits per heavy atom. The van der Waals surface area contributed by atoms with Crippen molar-refractivity contribution in [1.29, 1.82) is 0 Å². The molecule has 10 heteroatoms. The maximum atomic E-state index is 14.1. The maximum Gasteiger partial charge on any atom is 0.264 e. The Kier molecular flexibility index (Phi) is 11.0. The van der Waals surface area contributed by atoms with Gasteiger partial charge in [-0.3, -0.25) is 13.9 Å². The molecule has 0 radical (unpaired) electrons. The van der Waals surface area contributed by atoms with Gasteiger partial charge in [-0.25, -0.2) is 8.42 Å². The average Bonchev–Trinajstić information content (AvgIpc) is 2.91. The van der Waals surface area contributed by atoms with Crippen molar-refractivity contribution < 1.29 is 18.0 Å². The van der Waals surface area contributed by atoms with Crippen molar-refractivity contribution in [3.63, 3.8) is 0 Å². The molecule has 0 unspecified atom stereocenters. The molecule has 2 amide bonds. The van der Waals surface area contributed by atoms with E-state index in [-0.39, 0.29) is 39.1 Å². The van der Waals surface area contributed by atoms with Crippen LogP contribution < -0.4 is 9.62 Å². The van der Waals surface area contributed by atoms with Gasteiger partial charge in [-0.15, -0.1) is 0 Å². The summed E-state index contributed by atoms with van der Waals surface area (Å²) in [6.07, 6.45) is 1.07. The Hall–Kier alpha value is -3.07. The van der Waals surface area contributed by atoms with Crippen LogP contribution in [-0.4, -0.2) is 43.8 Å². The van der Waals surface area contributed by atoms with E-state index < -0.39 is 28.5 Å². The van der Waals surface area contributed by atoms with Crippen LogP contribution >= 0.6 is 23.2 Å². The molecule has 0 bridgehead atoms. The number of anilines is 1. The molecular weight excluding hydrogens is 569 g/mol. The predicted octanol–water partition coefficient (Wildman–Crippen LogP) is 6.22. The van der Waals surface area contributed by atoms with Crippen LogP contribution in [0.4, 0.5) is 5.69 Å². The van der Waals surface area contributed by atoms with Crippen LogP contribution in [0.5, 0.6) is 0 Å². The fourth-order valence-electron chi connectivity index (χ4n) is 4.19. The van der Waals surface area contributed by atoms with Crippen LogP contribution in [0, 0.1) is 6.92 Å². The van der Waals surface area contributed by atoms with Crippen LogP contribution in [0.25, 0.3) is 0 Å². The summed E-state index contributed by atoms with van der Waals surface area (Å²) in [6.45, 7) is 7.10. The van der Waals surface area contributed by atoms with Crippen molar-refractivity contribution in [3.05, 3.63) is 94.0 Å². The van der Waals surface area contributed by atoms with Crippen LogP contribution in [0.2, 0.25) is 10.0 Å². The summed E-state index contributed by atoms with van der Waals surface area (Å²) in [7, 11) is -4.21. The number of nitrogens with zero attached hydrogens (tertiary/aromatic N) is 2. The summed E-state index contributed by atoms with van der Waals surface area (Å²) >= 11 is 12.5. The molecule has 0 heterocycles. The molecule has 1 N–H and O–H groups in total. The molecule has 0 fully saturated rings. The third-order valence-corrected chi connectivity index (χ3v) is 8.83. The van der Waals surface area contributed by atoms with Crippen molar-refractivity contribution in [2.24, 2.45) is 0 Å². The molecule has 3 aromatic carbocycles. The first-order valence-corrected chi connectivity index (χ1v) is 15.3. The van der Waals surface area contributed by atoms with E-state index in [0.29, 0.717) is 6.42 Å². The SMILES string of the molecule is CC[C@@H](C)NC(=O)[C@@H](CC)N(Cc1ccccc1)C(=O)CN(c1cc(Cl)cc(Cl)c1)S(=O)(=O)c1ccc(C)cc1. The average molecular weight is 605 g/mol. The highest BCUT2D eigenvalue weighted by atomic mass is 35.5. The smallest absolute Gasteiger partial charge is 0.264 e. The zero-order chi connectivity index (χ0) is 29.4. The Bertz CT molecular complexity index is 1400. The van der Waals surface area contributed by atoms with E-state index >= 15 is 0 Å². The van der Waals surface area contributed by atoms with E-state index in [1.807, 2.05) is 58.0 Å². The molecule has 2 atom stereocenters. The number of aryl methyl sites for hydroxylation is 1. The molecular formula is C30H35Cl2N3O4S. The van der Waals surface area contributed by atoms with Gasteiger partial charge in [0.15, 0.2) is 0 Å². The summed E-state index contributed by atoms with van der Waals surface area (Å²) < 4.78 is 28.9. The summed E-state index contributed by atoms with van der Waals surface area (Å²) in [5, 5.41) is 3.41. The van der Waals surface area contributed by atoms with Gasteiger partial charge in [-0.2, -0.15) is 0 Å². The number of carbonyl (C=O) groups is 2. The van der Waals surface area contributed by atoms with Gasteiger partial charge >= 0.3 is 0 Å². The van der Waals surface area contributed by atoms with Crippen molar-refractivity contribution in [2.75, 3.05) is 10.8 Å². The zero-order valence-electron chi connectivity index (χ0n) is 23.1. The number of carbonyl (C=O) groups excluding carboxylic acids is 2. The third kappa shape index (κ3) is 7.99. The normalized spacial score (nSPS) is 12.8. The van der Waals surface area contributed by atoms with Crippen molar-refractivity contribution in [2.45, 2.75) is 64.1 Å². The highest BCUT2D eigenvalue weighted by Crippen LogP contribution is 2.30. The molecule has 0 saturated heterocycles. The number of nitrogens with one attached hydrogen (secondary N) is 1. The van der Waals surface area contributed by atoms with Crippen LogP contribution in [0.3, 0.4) is 0 Å². The number of amides is 2. The Labute approximate surface area is 247 Å². The second kappa shape index (κ2) is 14.0. The van der Waals surface area contributed by atoms with Crippen molar-refractivity contribution >= 4 is 50.7 Å². The zero-order valence-corrected chi connectivity index (χ0v) is 25.4. The lowest BCUT2D eigenvalue weighted by molar-refractivity contribution is -0.140. The Morgan fingerprint density at radius 1 is 0.900 bits per heavy atom. The van der Waals surface area contributed by atoms with Gasteiger partial charge in [-0.05, 0) is 62.6 Å². The fourth-order valence-corrected chi connectivity index (χ4v) is 6.10. The first-order chi connectivity index (χ1) is 19.0. The van der Waals surface area contributed by atoms with Crippen LogP contribution in [-0.2, 0) is 26.2 Å². The molecule has 0 aromatic heterocycles. The van der Waals surface area contributed by atoms with Crippen molar-refractivity contribution in [3.8, 4) is 0 Å². The first-order valence-electron chi connectivity index (χ1n) is 13.2. The molecule has 0 spiro atoms. The number of halogens is 2. The van der Waals surface area contributed by atoms with E-state index in [2.05, 4.69) is 5.32 Å². The lowest BCUT2D eigenvalue weighted by Crippen LogP contribution is -2.53. The number of rotatable bonds is 12.